The van der Waals surface area contributed by atoms with Crippen LogP contribution in [0, 0.1) is 17.8 Å². The summed E-state index contributed by atoms with van der Waals surface area (Å²) in [6, 6.07) is 6.31. The standard InChI is InChI=1S/C23H33N3O3S/c1-16(25-23-13-17-10-18(14-23)12-19(11-17)15-23)22(27)24-20-4-6-21(7-5-20)30(28,29)26-8-2-3-9-26/h4-7,16-19,25H,2-3,8-15H2,1H3,(H,24,27)/t16-,17?,18?,19?,23?/m1/s1. The van der Waals surface area contributed by atoms with E-state index in [2.05, 4.69) is 10.6 Å². The van der Waals surface area contributed by atoms with Gasteiger partial charge in [0.05, 0.1) is 10.9 Å². The van der Waals surface area contributed by atoms with Crippen LogP contribution in [-0.2, 0) is 14.8 Å². The topological polar surface area (TPSA) is 78.5 Å². The summed E-state index contributed by atoms with van der Waals surface area (Å²) >= 11 is 0. The zero-order chi connectivity index (χ0) is 20.9. The van der Waals surface area contributed by atoms with Crippen LogP contribution in [0.25, 0.3) is 0 Å². The Morgan fingerprint density at radius 1 is 1.00 bits per heavy atom. The third-order valence-electron chi connectivity index (χ3n) is 7.78. The van der Waals surface area contributed by atoms with E-state index >= 15 is 0 Å². The van der Waals surface area contributed by atoms with Crippen molar-refractivity contribution in [2.45, 2.75) is 74.8 Å². The molecule has 4 saturated carbocycles. The number of anilines is 1. The summed E-state index contributed by atoms with van der Waals surface area (Å²) in [5.74, 6) is 2.46. The van der Waals surface area contributed by atoms with Crippen molar-refractivity contribution in [1.29, 1.82) is 0 Å². The van der Waals surface area contributed by atoms with Crippen molar-refractivity contribution in [3.05, 3.63) is 24.3 Å². The van der Waals surface area contributed by atoms with Gasteiger partial charge in [-0.25, -0.2) is 8.42 Å². The fourth-order valence-electron chi connectivity index (χ4n) is 6.85. The second-order valence-electron chi connectivity index (χ2n) is 10.2. The molecule has 164 valence electrons. The molecular formula is C23H33N3O3S. The molecule has 5 fully saturated rings. The van der Waals surface area contributed by atoms with E-state index < -0.39 is 10.0 Å². The van der Waals surface area contributed by atoms with Crippen molar-refractivity contribution in [2.24, 2.45) is 17.8 Å². The molecule has 6 rings (SSSR count). The van der Waals surface area contributed by atoms with Gasteiger partial charge >= 0.3 is 0 Å². The molecule has 1 saturated heterocycles. The van der Waals surface area contributed by atoms with E-state index in [1.807, 2.05) is 6.92 Å². The zero-order valence-corrected chi connectivity index (χ0v) is 18.6. The molecule has 1 aliphatic heterocycles. The number of hydrogen-bond acceptors (Lipinski definition) is 4. The Hall–Kier alpha value is -1.44. The molecule has 0 unspecified atom stereocenters. The third-order valence-corrected chi connectivity index (χ3v) is 9.69. The second kappa shape index (κ2) is 7.61. The lowest BCUT2D eigenvalue weighted by Crippen LogP contribution is -2.62. The van der Waals surface area contributed by atoms with Crippen molar-refractivity contribution < 1.29 is 13.2 Å². The minimum Gasteiger partial charge on any atom is -0.325 e. The van der Waals surface area contributed by atoms with Crippen LogP contribution in [0.1, 0.15) is 58.3 Å². The number of sulfonamides is 1. The van der Waals surface area contributed by atoms with Crippen molar-refractivity contribution in [1.82, 2.24) is 9.62 Å². The maximum Gasteiger partial charge on any atom is 0.243 e. The summed E-state index contributed by atoms with van der Waals surface area (Å²) in [5.41, 5.74) is 0.777. The maximum absolute atomic E-state index is 12.8. The summed E-state index contributed by atoms with van der Waals surface area (Å²) in [7, 11) is -3.42. The molecule has 6 nitrogen and oxygen atoms in total. The normalized spacial score (nSPS) is 34.2. The average molecular weight is 432 g/mol. The van der Waals surface area contributed by atoms with E-state index in [0.717, 1.165) is 30.6 Å². The van der Waals surface area contributed by atoms with Gasteiger partial charge in [-0.1, -0.05) is 0 Å². The van der Waals surface area contributed by atoms with Gasteiger partial charge in [0.25, 0.3) is 0 Å². The Morgan fingerprint density at radius 2 is 1.53 bits per heavy atom. The van der Waals surface area contributed by atoms with E-state index in [-0.39, 0.29) is 17.5 Å². The number of hydrogen-bond donors (Lipinski definition) is 2. The van der Waals surface area contributed by atoms with Gasteiger partial charge in [0.15, 0.2) is 0 Å². The van der Waals surface area contributed by atoms with Crippen LogP contribution < -0.4 is 10.6 Å². The lowest BCUT2D eigenvalue weighted by molar-refractivity contribution is -0.119. The summed E-state index contributed by atoms with van der Waals surface area (Å²) < 4.78 is 26.9. The molecule has 1 aromatic rings. The number of carbonyl (C=O) groups excluding carboxylic acids is 1. The molecule has 5 aliphatic rings. The van der Waals surface area contributed by atoms with E-state index in [0.29, 0.717) is 23.7 Å². The summed E-state index contributed by atoms with van der Waals surface area (Å²) in [6.07, 6.45) is 9.61. The molecule has 1 amide bonds. The molecule has 7 heteroatoms. The van der Waals surface area contributed by atoms with Crippen LogP contribution in [0.2, 0.25) is 0 Å². The number of nitrogens with one attached hydrogen (secondary N) is 2. The lowest BCUT2D eigenvalue weighted by Gasteiger charge is -2.57. The first-order chi connectivity index (χ1) is 14.3. The molecule has 0 radical (unpaired) electrons. The van der Waals surface area contributed by atoms with Crippen LogP contribution in [-0.4, -0.2) is 43.3 Å². The van der Waals surface area contributed by atoms with Gasteiger partial charge < -0.3 is 10.6 Å². The van der Waals surface area contributed by atoms with Crippen LogP contribution in [0.4, 0.5) is 5.69 Å². The van der Waals surface area contributed by atoms with Crippen LogP contribution in [0.15, 0.2) is 29.2 Å². The molecule has 30 heavy (non-hydrogen) atoms. The molecule has 1 aromatic carbocycles. The minimum absolute atomic E-state index is 0.0547. The number of benzene rings is 1. The first-order valence-corrected chi connectivity index (χ1v) is 13.0. The largest absolute Gasteiger partial charge is 0.325 e. The molecule has 2 N–H and O–H groups in total. The fourth-order valence-corrected chi connectivity index (χ4v) is 8.37. The molecule has 1 heterocycles. The molecular weight excluding hydrogens is 398 g/mol. The smallest absolute Gasteiger partial charge is 0.243 e. The minimum atomic E-state index is -3.42. The lowest BCUT2D eigenvalue weighted by atomic mass is 9.53. The number of amides is 1. The predicted molar refractivity (Wildman–Crippen MR) is 117 cm³/mol. The van der Waals surface area contributed by atoms with Gasteiger partial charge in [0, 0.05) is 24.3 Å². The fraction of sp³-hybridized carbons (Fsp3) is 0.696. The quantitative estimate of drug-likeness (QED) is 0.724. The highest BCUT2D eigenvalue weighted by atomic mass is 32.2. The van der Waals surface area contributed by atoms with Gasteiger partial charge in [-0.2, -0.15) is 4.31 Å². The average Bonchev–Trinajstić information content (AvgIpc) is 3.22. The van der Waals surface area contributed by atoms with Crippen LogP contribution in [0.3, 0.4) is 0 Å². The van der Waals surface area contributed by atoms with E-state index in [4.69, 9.17) is 0 Å². The summed E-state index contributed by atoms with van der Waals surface area (Å²) in [4.78, 5) is 13.1. The number of rotatable bonds is 6. The molecule has 4 bridgehead atoms. The first kappa shape index (κ1) is 20.5. The van der Waals surface area contributed by atoms with Gasteiger partial charge in [-0.3, -0.25) is 4.79 Å². The second-order valence-corrected chi connectivity index (χ2v) is 12.1. The maximum atomic E-state index is 12.8. The van der Waals surface area contributed by atoms with Gasteiger partial charge in [0.1, 0.15) is 0 Å². The highest BCUT2D eigenvalue weighted by Crippen LogP contribution is 2.55. The number of nitrogens with zero attached hydrogens (tertiary/aromatic N) is 1. The zero-order valence-electron chi connectivity index (χ0n) is 17.8. The van der Waals surface area contributed by atoms with E-state index in [1.54, 1.807) is 24.3 Å². The van der Waals surface area contributed by atoms with Crippen molar-refractivity contribution >= 4 is 21.6 Å². The Labute approximate surface area is 179 Å². The molecule has 1 atom stereocenters. The highest BCUT2D eigenvalue weighted by Gasteiger charge is 2.51. The van der Waals surface area contributed by atoms with E-state index in [9.17, 15) is 13.2 Å². The van der Waals surface area contributed by atoms with Crippen molar-refractivity contribution in [2.75, 3.05) is 18.4 Å². The van der Waals surface area contributed by atoms with Crippen LogP contribution in [0.5, 0.6) is 0 Å². The highest BCUT2D eigenvalue weighted by molar-refractivity contribution is 7.89. The molecule has 0 aromatic heterocycles. The Bertz CT molecular complexity index is 871. The summed E-state index contributed by atoms with van der Waals surface area (Å²) in [5, 5.41) is 6.67. The first-order valence-electron chi connectivity index (χ1n) is 11.5. The monoisotopic (exact) mass is 431 g/mol. The Kier molecular flexibility index (Phi) is 5.19. The molecule has 0 spiro atoms. The van der Waals surface area contributed by atoms with E-state index in [1.165, 1.54) is 42.8 Å². The van der Waals surface area contributed by atoms with Gasteiger partial charge in [-0.15, -0.1) is 0 Å². The van der Waals surface area contributed by atoms with Crippen molar-refractivity contribution in [3.63, 3.8) is 0 Å². The SMILES string of the molecule is C[C@@H](NC12CC3CC(CC(C3)C1)C2)C(=O)Nc1ccc(S(=O)(=O)N2CCCC2)cc1. The Balaban J connectivity index is 1.21. The number of carbonyl (C=O) groups is 1. The van der Waals surface area contributed by atoms with Crippen molar-refractivity contribution in [3.8, 4) is 0 Å². The summed E-state index contributed by atoms with van der Waals surface area (Å²) in [6.45, 7) is 3.13. The van der Waals surface area contributed by atoms with Gasteiger partial charge in [-0.05, 0) is 100 Å². The Morgan fingerprint density at radius 3 is 2.07 bits per heavy atom. The van der Waals surface area contributed by atoms with Crippen LogP contribution >= 0.6 is 0 Å². The predicted octanol–water partition coefficient (Wildman–Crippen LogP) is 3.36. The third kappa shape index (κ3) is 3.80. The van der Waals surface area contributed by atoms with Gasteiger partial charge in [0.2, 0.25) is 15.9 Å². The molecule has 4 aliphatic carbocycles.